The second-order valence-electron chi connectivity index (χ2n) is 3.96. The van der Waals surface area contributed by atoms with E-state index >= 15 is 0 Å². The van der Waals surface area contributed by atoms with E-state index in [4.69, 9.17) is 4.74 Å². The Kier molecular flexibility index (Phi) is 4.46. The first-order valence-electron chi connectivity index (χ1n) is 5.17. The Hall–Kier alpha value is -0.340. The summed E-state index contributed by atoms with van der Waals surface area (Å²) in [6.45, 7) is 6.95. The summed E-state index contributed by atoms with van der Waals surface area (Å²) < 4.78 is 5.73. The highest BCUT2D eigenvalue weighted by Gasteiger charge is 2.22. The van der Waals surface area contributed by atoms with Gasteiger partial charge in [-0.2, -0.15) is 0 Å². The molecule has 2 unspecified atom stereocenters. The van der Waals surface area contributed by atoms with Gasteiger partial charge in [0, 0.05) is 12.6 Å². The normalized spacial score (nSPS) is 25.5. The number of ether oxygens (including phenoxy) is 1. The zero-order valence-electron chi connectivity index (χ0n) is 8.81. The van der Waals surface area contributed by atoms with Gasteiger partial charge >= 0.3 is 0 Å². The minimum atomic E-state index is 0.399. The topological polar surface area (TPSA) is 21.3 Å². The molecule has 0 bridgehead atoms. The fraction of sp³-hybridized carbons (Fsp3) is 0.818. The van der Waals surface area contributed by atoms with Crippen molar-refractivity contribution >= 4 is 0 Å². The predicted molar refractivity (Wildman–Crippen MR) is 55.9 cm³/mol. The molecule has 0 aromatic heterocycles. The molecule has 0 aromatic rings. The number of likely N-dealkylation sites (N-methyl/N-ethyl adjacent to an activating group) is 1. The van der Waals surface area contributed by atoms with Crippen LogP contribution in [0, 0.1) is 0 Å². The molecule has 1 fully saturated rings. The van der Waals surface area contributed by atoms with E-state index in [1.54, 1.807) is 0 Å². The lowest BCUT2D eigenvalue weighted by molar-refractivity contribution is -0.00583. The summed E-state index contributed by atoms with van der Waals surface area (Å²) >= 11 is 0. The molecule has 0 amide bonds. The Morgan fingerprint density at radius 1 is 1.62 bits per heavy atom. The Balaban J connectivity index is 2.39. The smallest absolute Gasteiger partial charge is 0.0731 e. The van der Waals surface area contributed by atoms with Crippen molar-refractivity contribution in [1.82, 2.24) is 5.32 Å². The third kappa shape index (κ3) is 3.49. The fourth-order valence-corrected chi connectivity index (χ4v) is 1.88. The van der Waals surface area contributed by atoms with E-state index in [1.165, 1.54) is 24.8 Å². The van der Waals surface area contributed by atoms with Crippen LogP contribution in [0.25, 0.3) is 0 Å². The monoisotopic (exact) mass is 183 g/mol. The van der Waals surface area contributed by atoms with E-state index in [2.05, 4.69) is 18.8 Å². The Bertz CT molecular complexity index is 161. The van der Waals surface area contributed by atoms with E-state index in [0.29, 0.717) is 12.1 Å². The van der Waals surface area contributed by atoms with E-state index in [9.17, 15) is 0 Å². The molecule has 0 aromatic carbocycles. The molecule has 0 radical (unpaired) electrons. The van der Waals surface area contributed by atoms with Crippen molar-refractivity contribution < 1.29 is 4.74 Å². The van der Waals surface area contributed by atoms with Crippen LogP contribution in [0.15, 0.2) is 12.2 Å². The summed E-state index contributed by atoms with van der Waals surface area (Å²) in [7, 11) is 2.01. The van der Waals surface area contributed by atoms with E-state index in [1.807, 2.05) is 7.05 Å². The summed E-state index contributed by atoms with van der Waals surface area (Å²) in [5, 5.41) is 3.32. The zero-order chi connectivity index (χ0) is 9.68. The van der Waals surface area contributed by atoms with Gasteiger partial charge in [0.2, 0.25) is 0 Å². The third-order valence-corrected chi connectivity index (χ3v) is 2.60. The van der Waals surface area contributed by atoms with Crippen LogP contribution in [0.2, 0.25) is 0 Å². The van der Waals surface area contributed by atoms with Gasteiger partial charge in [0.15, 0.2) is 0 Å². The van der Waals surface area contributed by atoms with Gasteiger partial charge in [0.25, 0.3) is 0 Å². The quantitative estimate of drug-likeness (QED) is 0.674. The van der Waals surface area contributed by atoms with Crippen LogP contribution < -0.4 is 5.32 Å². The highest BCUT2D eigenvalue weighted by atomic mass is 16.5. The molecule has 2 atom stereocenters. The summed E-state index contributed by atoms with van der Waals surface area (Å²) in [6.07, 6.45) is 5.15. The minimum Gasteiger partial charge on any atom is -0.377 e. The number of hydrogen-bond acceptors (Lipinski definition) is 2. The molecule has 1 N–H and O–H groups in total. The average molecular weight is 183 g/mol. The summed E-state index contributed by atoms with van der Waals surface area (Å²) in [5.41, 5.74) is 1.23. The molecule has 1 aliphatic rings. The molecule has 0 spiro atoms. The van der Waals surface area contributed by atoms with Crippen LogP contribution >= 0.6 is 0 Å². The van der Waals surface area contributed by atoms with Crippen LogP contribution in [-0.2, 0) is 4.74 Å². The molecule has 2 heteroatoms. The highest BCUT2D eigenvalue weighted by molar-refractivity contribution is 4.95. The molecule has 1 saturated heterocycles. The predicted octanol–water partition coefficient (Wildman–Crippen LogP) is 2.11. The lowest BCUT2D eigenvalue weighted by Crippen LogP contribution is -2.41. The second-order valence-corrected chi connectivity index (χ2v) is 3.96. The maximum absolute atomic E-state index is 5.73. The zero-order valence-corrected chi connectivity index (χ0v) is 8.81. The van der Waals surface area contributed by atoms with Gasteiger partial charge in [0.05, 0.1) is 6.10 Å². The van der Waals surface area contributed by atoms with Gasteiger partial charge in [-0.15, -0.1) is 6.58 Å². The van der Waals surface area contributed by atoms with Gasteiger partial charge in [-0.3, -0.25) is 0 Å². The Morgan fingerprint density at radius 3 is 2.85 bits per heavy atom. The number of hydrogen-bond donors (Lipinski definition) is 1. The molecule has 1 heterocycles. The fourth-order valence-electron chi connectivity index (χ4n) is 1.88. The Labute approximate surface area is 81.4 Å². The summed E-state index contributed by atoms with van der Waals surface area (Å²) in [6, 6.07) is 0.456. The first kappa shape index (κ1) is 10.7. The molecule has 0 aliphatic carbocycles. The van der Waals surface area contributed by atoms with Crippen molar-refractivity contribution in [3.05, 3.63) is 12.2 Å². The van der Waals surface area contributed by atoms with Crippen molar-refractivity contribution in [3.8, 4) is 0 Å². The van der Waals surface area contributed by atoms with Gasteiger partial charge < -0.3 is 10.1 Å². The lowest BCUT2D eigenvalue weighted by atomic mass is 9.97. The molecular formula is C11H21NO. The van der Waals surface area contributed by atoms with Gasteiger partial charge in [-0.1, -0.05) is 5.57 Å². The molecule has 13 heavy (non-hydrogen) atoms. The minimum absolute atomic E-state index is 0.399. The highest BCUT2D eigenvalue weighted by Crippen LogP contribution is 2.19. The molecule has 0 saturated carbocycles. The molecule has 76 valence electrons. The van der Waals surface area contributed by atoms with Crippen molar-refractivity contribution in [3.63, 3.8) is 0 Å². The van der Waals surface area contributed by atoms with Crippen LogP contribution in [0.5, 0.6) is 0 Å². The SMILES string of the molecule is C=C(C)CC(NC)C1CCCCO1. The van der Waals surface area contributed by atoms with Crippen molar-refractivity contribution in [2.75, 3.05) is 13.7 Å². The van der Waals surface area contributed by atoms with E-state index < -0.39 is 0 Å². The number of rotatable bonds is 4. The van der Waals surface area contributed by atoms with E-state index in [0.717, 1.165) is 13.0 Å². The van der Waals surface area contributed by atoms with Crippen LogP contribution in [-0.4, -0.2) is 25.8 Å². The van der Waals surface area contributed by atoms with Crippen molar-refractivity contribution in [1.29, 1.82) is 0 Å². The lowest BCUT2D eigenvalue weighted by Gasteiger charge is -2.30. The third-order valence-electron chi connectivity index (χ3n) is 2.60. The van der Waals surface area contributed by atoms with Gasteiger partial charge in [-0.25, -0.2) is 0 Å². The second kappa shape index (κ2) is 5.40. The standard InChI is InChI=1S/C11H21NO/c1-9(2)8-10(12-3)11-6-4-5-7-13-11/h10-12H,1,4-8H2,2-3H3. The van der Waals surface area contributed by atoms with Crippen LogP contribution in [0.1, 0.15) is 32.6 Å². The van der Waals surface area contributed by atoms with Crippen LogP contribution in [0.3, 0.4) is 0 Å². The first-order valence-corrected chi connectivity index (χ1v) is 5.17. The van der Waals surface area contributed by atoms with Gasteiger partial charge in [-0.05, 0) is 39.7 Å². The molecular weight excluding hydrogens is 162 g/mol. The molecule has 2 nitrogen and oxygen atoms in total. The largest absolute Gasteiger partial charge is 0.377 e. The van der Waals surface area contributed by atoms with E-state index in [-0.39, 0.29) is 0 Å². The maximum atomic E-state index is 5.73. The molecule has 1 aliphatic heterocycles. The summed E-state index contributed by atoms with van der Waals surface area (Å²) in [5.74, 6) is 0. The Morgan fingerprint density at radius 2 is 2.38 bits per heavy atom. The average Bonchev–Trinajstić information content (AvgIpc) is 2.15. The molecule has 1 rings (SSSR count). The summed E-state index contributed by atoms with van der Waals surface area (Å²) in [4.78, 5) is 0. The maximum Gasteiger partial charge on any atom is 0.0731 e. The van der Waals surface area contributed by atoms with Gasteiger partial charge in [0.1, 0.15) is 0 Å². The van der Waals surface area contributed by atoms with Crippen molar-refractivity contribution in [2.45, 2.75) is 44.8 Å². The van der Waals surface area contributed by atoms with Crippen molar-refractivity contribution in [2.24, 2.45) is 0 Å². The first-order chi connectivity index (χ1) is 6.24. The van der Waals surface area contributed by atoms with Crippen LogP contribution in [0.4, 0.5) is 0 Å². The number of nitrogens with one attached hydrogen (secondary N) is 1.